The topological polar surface area (TPSA) is 50.8 Å². The van der Waals surface area contributed by atoms with Crippen LogP contribution in [0, 0.1) is 0 Å². The van der Waals surface area contributed by atoms with Gasteiger partial charge in [0.25, 0.3) is 0 Å². The average Bonchev–Trinajstić information content (AvgIpc) is 2.57. The largest absolute Gasteiger partial charge is 0.444 e. The van der Waals surface area contributed by atoms with Crippen LogP contribution in [0.15, 0.2) is 30.3 Å². The molecule has 2 saturated heterocycles. The Morgan fingerprint density at radius 3 is 2.62 bits per heavy atom. The van der Waals surface area contributed by atoms with Crippen LogP contribution < -0.4 is 5.32 Å². The summed E-state index contributed by atoms with van der Waals surface area (Å²) >= 11 is 0. The molecule has 1 aromatic carbocycles. The number of alkyl carbamates (subject to hydrolysis) is 1. The lowest BCUT2D eigenvalue weighted by Crippen LogP contribution is -2.53. The summed E-state index contributed by atoms with van der Waals surface area (Å²) in [6, 6.07) is 10.8. The normalized spacial score (nSPS) is 23.6. The minimum absolute atomic E-state index is 0.0921. The summed E-state index contributed by atoms with van der Waals surface area (Å²) < 4.78 is 11.6. The minimum Gasteiger partial charge on any atom is -0.444 e. The molecule has 5 heteroatoms. The Morgan fingerprint density at radius 2 is 1.96 bits per heavy atom. The Bertz CT molecular complexity index is 589. The van der Waals surface area contributed by atoms with Gasteiger partial charge >= 0.3 is 6.09 Å². The maximum Gasteiger partial charge on any atom is 0.407 e. The van der Waals surface area contributed by atoms with Crippen molar-refractivity contribution in [3.05, 3.63) is 35.9 Å². The van der Waals surface area contributed by atoms with Crippen LogP contribution in [-0.4, -0.2) is 47.9 Å². The number of amides is 1. The maximum atomic E-state index is 12.1. The third-order valence-corrected chi connectivity index (χ3v) is 5.23. The Balaban J connectivity index is 1.49. The van der Waals surface area contributed by atoms with Gasteiger partial charge in [0.1, 0.15) is 5.60 Å². The van der Waals surface area contributed by atoms with Crippen LogP contribution in [0.4, 0.5) is 4.79 Å². The van der Waals surface area contributed by atoms with Gasteiger partial charge < -0.3 is 14.8 Å². The fourth-order valence-electron chi connectivity index (χ4n) is 3.93. The van der Waals surface area contributed by atoms with Gasteiger partial charge in [-0.1, -0.05) is 30.3 Å². The summed E-state index contributed by atoms with van der Waals surface area (Å²) in [5, 5.41) is 3.04. The predicted octanol–water partition coefficient (Wildman–Crippen LogP) is 3.72. The first kappa shape index (κ1) is 19.2. The summed E-state index contributed by atoms with van der Waals surface area (Å²) in [4.78, 5) is 14.6. The van der Waals surface area contributed by atoms with E-state index < -0.39 is 5.60 Å². The van der Waals surface area contributed by atoms with Crippen LogP contribution in [0.1, 0.15) is 52.0 Å². The van der Waals surface area contributed by atoms with E-state index in [2.05, 4.69) is 40.5 Å². The zero-order valence-corrected chi connectivity index (χ0v) is 16.3. The molecule has 1 unspecified atom stereocenters. The van der Waals surface area contributed by atoms with Crippen molar-refractivity contribution in [2.45, 2.75) is 70.2 Å². The molecule has 1 spiro atoms. The number of hydrogen-bond acceptors (Lipinski definition) is 4. The van der Waals surface area contributed by atoms with Crippen molar-refractivity contribution in [2.24, 2.45) is 0 Å². The fraction of sp³-hybridized carbons (Fsp3) is 0.667. The lowest BCUT2D eigenvalue weighted by Gasteiger charge is -2.46. The summed E-state index contributed by atoms with van der Waals surface area (Å²) in [5.41, 5.74) is 0.804. The molecule has 0 bridgehead atoms. The second-order valence-electron chi connectivity index (χ2n) is 8.63. The van der Waals surface area contributed by atoms with E-state index in [0.29, 0.717) is 6.61 Å². The number of carbonyl (C=O) groups is 1. The van der Waals surface area contributed by atoms with Gasteiger partial charge in [-0.15, -0.1) is 0 Å². The molecule has 2 fully saturated rings. The van der Waals surface area contributed by atoms with Crippen LogP contribution >= 0.6 is 0 Å². The number of carbonyl (C=O) groups excluding carboxylic acids is 1. The Morgan fingerprint density at radius 1 is 1.27 bits per heavy atom. The molecule has 26 heavy (non-hydrogen) atoms. The number of piperidine rings is 1. The van der Waals surface area contributed by atoms with Gasteiger partial charge in [0, 0.05) is 32.3 Å². The summed E-state index contributed by atoms with van der Waals surface area (Å²) in [5.74, 6) is 0. The van der Waals surface area contributed by atoms with E-state index in [9.17, 15) is 4.79 Å². The SMILES string of the molecule is CC(C)(C)OC(=O)NC1CCOC2(CCN(Cc3ccccc3)CC2)C1. The van der Waals surface area contributed by atoms with Crippen LogP contribution in [0.5, 0.6) is 0 Å². The smallest absolute Gasteiger partial charge is 0.407 e. The quantitative estimate of drug-likeness (QED) is 0.892. The molecule has 2 heterocycles. The Labute approximate surface area is 157 Å². The van der Waals surface area contributed by atoms with Crippen molar-refractivity contribution in [3.8, 4) is 0 Å². The van der Waals surface area contributed by atoms with Crippen LogP contribution in [0.25, 0.3) is 0 Å². The van der Waals surface area contributed by atoms with E-state index in [1.807, 2.05) is 20.8 Å². The summed E-state index contributed by atoms with van der Waals surface area (Å²) in [6.07, 6.45) is 3.46. The van der Waals surface area contributed by atoms with E-state index in [4.69, 9.17) is 9.47 Å². The fourth-order valence-corrected chi connectivity index (χ4v) is 3.93. The highest BCUT2D eigenvalue weighted by atomic mass is 16.6. The third kappa shape index (κ3) is 5.45. The zero-order chi connectivity index (χ0) is 18.6. The monoisotopic (exact) mass is 360 g/mol. The maximum absolute atomic E-state index is 12.1. The molecule has 1 atom stereocenters. The highest BCUT2D eigenvalue weighted by Gasteiger charge is 2.40. The standard InChI is InChI=1S/C21H32N2O3/c1-20(2,3)26-19(24)22-18-9-14-25-21(15-18)10-12-23(13-11-21)16-17-7-5-4-6-8-17/h4-8,18H,9-16H2,1-3H3,(H,22,24). The van der Waals surface area contributed by atoms with E-state index >= 15 is 0 Å². The molecular weight excluding hydrogens is 328 g/mol. The van der Waals surface area contributed by atoms with E-state index in [-0.39, 0.29) is 17.7 Å². The van der Waals surface area contributed by atoms with Crippen molar-refractivity contribution < 1.29 is 14.3 Å². The summed E-state index contributed by atoms with van der Waals surface area (Å²) in [7, 11) is 0. The van der Waals surface area contributed by atoms with Gasteiger partial charge in [0.2, 0.25) is 0 Å². The van der Waals surface area contributed by atoms with Crippen LogP contribution in [0.2, 0.25) is 0 Å². The molecule has 1 aromatic rings. The van der Waals surface area contributed by atoms with Gasteiger partial charge in [-0.05, 0) is 52.0 Å². The Kier molecular flexibility index (Phi) is 5.88. The number of nitrogens with zero attached hydrogens (tertiary/aromatic N) is 1. The second-order valence-corrected chi connectivity index (χ2v) is 8.63. The lowest BCUT2D eigenvalue weighted by atomic mass is 9.82. The molecule has 5 nitrogen and oxygen atoms in total. The zero-order valence-electron chi connectivity index (χ0n) is 16.3. The predicted molar refractivity (Wildman–Crippen MR) is 102 cm³/mol. The third-order valence-electron chi connectivity index (χ3n) is 5.23. The summed E-state index contributed by atoms with van der Waals surface area (Å²) in [6.45, 7) is 9.44. The number of hydrogen-bond donors (Lipinski definition) is 1. The molecule has 2 aliphatic heterocycles. The number of benzene rings is 1. The highest BCUT2D eigenvalue weighted by molar-refractivity contribution is 5.68. The van der Waals surface area contributed by atoms with Gasteiger partial charge in [0.15, 0.2) is 0 Å². The highest BCUT2D eigenvalue weighted by Crippen LogP contribution is 2.35. The first-order chi connectivity index (χ1) is 12.3. The van der Waals surface area contributed by atoms with Crippen molar-refractivity contribution in [1.82, 2.24) is 10.2 Å². The van der Waals surface area contributed by atoms with Crippen molar-refractivity contribution in [2.75, 3.05) is 19.7 Å². The molecule has 3 rings (SSSR count). The van der Waals surface area contributed by atoms with Crippen molar-refractivity contribution in [3.63, 3.8) is 0 Å². The van der Waals surface area contributed by atoms with Gasteiger partial charge in [-0.25, -0.2) is 4.79 Å². The average molecular weight is 360 g/mol. The van der Waals surface area contributed by atoms with Crippen molar-refractivity contribution in [1.29, 1.82) is 0 Å². The van der Waals surface area contributed by atoms with Gasteiger partial charge in [0.05, 0.1) is 5.60 Å². The molecule has 0 aromatic heterocycles. The van der Waals surface area contributed by atoms with E-state index in [1.165, 1.54) is 5.56 Å². The Hall–Kier alpha value is -1.59. The number of rotatable bonds is 3. The van der Waals surface area contributed by atoms with Gasteiger partial charge in [-0.3, -0.25) is 4.90 Å². The minimum atomic E-state index is -0.463. The number of ether oxygens (including phenoxy) is 2. The molecule has 0 aliphatic carbocycles. The molecular formula is C21H32N2O3. The van der Waals surface area contributed by atoms with Gasteiger partial charge in [-0.2, -0.15) is 0 Å². The molecule has 2 aliphatic rings. The lowest BCUT2D eigenvalue weighted by molar-refractivity contribution is -0.120. The van der Waals surface area contributed by atoms with E-state index in [1.54, 1.807) is 0 Å². The van der Waals surface area contributed by atoms with Crippen LogP contribution in [0.3, 0.4) is 0 Å². The van der Waals surface area contributed by atoms with Crippen molar-refractivity contribution >= 4 is 6.09 Å². The molecule has 0 saturated carbocycles. The first-order valence-corrected chi connectivity index (χ1v) is 9.73. The molecule has 1 N–H and O–H groups in total. The number of nitrogens with one attached hydrogen (secondary N) is 1. The first-order valence-electron chi connectivity index (χ1n) is 9.73. The molecule has 144 valence electrons. The number of likely N-dealkylation sites (tertiary alicyclic amines) is 1. The van der Waals surface area contributed by atoms with E-state index in [0.717, 1.165) is 45.3 Å². The second kappa shape index (κ2) is 7.97. The van der Waals surface area contributed by atoms with Crippen LogP contribution in [-0.2, 0) is 16.0 Å². The molecule has 0 radical (unpaired) electrons. The molecule has 1 amide bonds.